The third kappa shape index (κ3) is 3.12. The molecule has 0 bridgehead atoms. The van der Waals surface area contributed by atoms with E-state index in [1.54, 1.807) is 6.07 Å². The lowest BCUT2D eigenvalue weighted by molar-refractivity contribution is 0.627. The molecule has 0 amide bonds. The number of aryl methyl sites for hydroxylation is 2. The van der Waals surface area contributed by atoms with E-state index in [0.717, 1.165) is 61.4 Å². The first kappa shape index (κ1) is 19.4. The Morgan fingerprint density at radius 3 is 2.58 bits per heavy atom. The maximum atomic E-state index is 14.1. The molecular formula is C26H21FN6. The number of rotatable bonds is 3. The zero-order valence-electron chi connectivity index (χ0n) is 18.4. The number of halogens is 1. The van der Waals surface area contributed by atoms with Gasteiger partial charge in [0.25, 0.3) is 0 Å². The highest BCUT2D eigenvalue weighted by Gasteiger charge is 2.16. The summed E-state index contributed by atoms with van der Waals surface area (Å²) in [6.07, 6.45) is 3.68. The van der Waals surface area contributed by atoms with Gasteiger partial charge in [-0.25, -0.2) is 14.4 Å². The number of aromatic amines is 2. The molecule has 6 aromatic rings. The van der Waals surface area contributed by atoms with Crippen LogP contribution in [0.4, 0.5) is 4.39 Å². The van der Waals surface area contributed by atoms with Crippen molar-refractivity contribution >= 4 is 21.9 Å². The van der Waals surface area contributed by atoms with Crippen molar-refractivity contribution in [3.63, 3.8) is 0 Å². The van der Waals surface area contributed by atoms with Crippen LogP contribution in [0, 0.1) is 19.7 Å². The molecule has 7 heteroatoms. The molecule has 0 spiro atoms. The summed E-state index contributed by atoms with van der Waals surface area (Å²) in [5.74, 6) is 0.702. The molecule has 4 heterocycles. The fraction of sp³-hybridized carbons (Fsp3) is 0.115. The molecule has 0 saturated heterocycles. The molecule has 162 valence electrons. The Bertz CT molecular complexity index is 1650. The predicted octanol–water partition coefficient (Wildman–Crippen LogP) is 5.93. The fourth-order valence-corrected chi connectivity index (χ4v) is 4.45. The van der Waals surface area contributed by atoms with E-state index < -0.39 is 0 Å². The molecule has 0 radical (unpaired) electrons. The molecule has 4 aromatic heterocycles. The summed E-state index contributed by atoms with van der Waals surface area (Å²) < 4.78 is 16.1. The Morgan fingerprint density at radius 1 is 0.909 bits per heavy atom. The minimum atomic E-state index is -0.236. The first-order chi connectivity index (χ1) is 16.0. The largest absolute Gasteiger partial charge is 0.353 e. The average molecular weight is 436 g/mol. The van der Waals surface area contributed by atoms with Crippen molar-refractivity contribution in [1.29, 1.82) is 0 Å². The Morgan fingerprint density at radius 2 is 1.79 bits per heavy atom. The van der Waals surface area contributed by atoms with Crippen molar-refractivity contribution in [2.24, 2.45) is 7.05 Å². The highest BCUT2D eigenvalue weighted by molar-refractivity contribution is 6.01. The molecule has 33 heavy (non-hydrogen) atoms. The lowest BCUT2D eigenvalue weighted by atomic mass is 9.99. The number of H-pyrrole nitrogens is 2. The van der Waals surface area contributed by atoms with E-state index in [0.29, 0.717) is 5.65 Å². The highest BCUT2D eigenvalue weighted by Crippen LogP contribution is 2.35. The molecular weight excluding hydrogens is 415 g/mol. The lowest BCUT2D eigenvalue weighted by Gasteiger charge is -2.05. The molecule has 0 unspecified atom stereocenters. The molecule has 0 saturated carbocycles. The first-order valence-electron chi connectivity index (χ1n) is 10.7. The summed E-state index contributed by atoms with van der Waals surface area (Å²) >= 11 is 0. The van der Waals surface area contributed by atoms with Gasteiger partial charge in [-0.3, -0.25) is 5.10 Å². The summed E-state index contributed by atoms with van der Waals surface area (Å²) in [4.78, 5) is 12.5. The molecule has 6 nitrogen and oxygen atoms in total. The molecule has 2 aromatic carbocycles. The van der Waals surface area contributed by atoms with Gasteiger partial charge in [0.05, 0.1) is 17.6 Å². The number of fused-ring (bicyclic) bond motifs is 2. The van der Waals surface area contributed by atoms with Gasteiger partial charge in [-0.05, 0) is 60.9 Å². The summed E-state index contributed by atoms with van der Waals surface area (Å²) in [5, 5.41) is 9.52. The zero-order valence-corrected chi connectivity index (χ0v) is 18.4. The minimum absolute atomic E-state index is 0.236. The first-order valence-corrected chi connectivity index (χ1v) is 10.7. The standard InChI is InChI=1S/C26H21FN6/c1-14-7-16(9-18(27)8-14)19-5-4-6-22-20(19)11-23(30-22)25-21-10-17(12-29-26(21)32-31-25)24-13-28-15(2)33(24)3/h4-13,30H,1-3H3,(H,29,31,32). The van der Waals surface area contributed by atoms with E-state index in [-0.39, 0.29) is 5.82 Å². The van der Waals surface area contributed by atoms with Crippen molar-refractivity contribution < 1.29 is 4.39 Å². The fourth-order valence-electron chi connectivity index (χ4n) is 4.45. The number of benzene rings is 2. The van der Waals surface area contributed by atoms with Crippen LogP contribution in [0.15, 0.2) is 60.9 Å². The molecule has 0 aliphatic heterocycles. The van der Waals surface area contributed by atoms with Gasteiger partial charge in [0.15, 0.2) is 5.65 Å². The molecule has 6 rings (SSSR count). The van der Waals surface area contributed by atoms with Crippen molar-refractivity contribution in [3.8, 4) is 33.8 Å². The highest BCUT2D eigenvalue weighted by atomic mass is 19.1. The van der Waals surface area contributed by atoms with Gasteiger partial charge < -0.3 is 9.55 Å². The van der Waals surface area contributed by atoms with Gasteiger partial charge >= 0.3 is 0 Å². The second-order valence-electron chi connectivity index (χ2n) is 8.41. The van der Waals surface area contributed by atoms with E-state index in [9.17, 15) is 4.39 Å². The average Bonchev–Trinajstić information content (AvgIpc) is 3.49. The van der Waals surface area contributed by atoms with Crippen LogP contribution in [0.2, 0.25) is 0 Å². The van der Waals surface area contributed by atoms with Crippen LogP contribution in [0.5, 0.6) is 0 Å². The van der Waals surface area contributed by atoms with Crippen molar-refractivity contribution in [3.05, 3.63) is 78.1 Å². The van der Waals surface area contributed by atoms with Crippen LogP contribution >= 0.6 is 0 Å². The van der Waals surface area contributed by atoms with E-state index >= 15 is 0 Å². The normalized spacial score (nSPS) is 11.6. The summed E-state index contributed by atoms with van der Waals surface area (Å²) in [7, 11) is 1.99. The number of nitrogens with one attached hydrogen (secondary N) is 2. The second-order valence-corrected chi connectivity index (χ2v) is 8.41. The third-order valence-electron chi connectivity index (χ3n) is 6.21. The molecule has 0 aliphatic carbocycles. The van der Waals surface area contributed by atoms with Crippen LogP contribution in [0.25, 0.3) is 55.7 Å². The topological polar surface area (TPSA) is 75.2 Å². The number of aromatic nitrogens is 6. The van der Waals surface area contributed by atoms with Crippen LogP contribution in [0.1, 0.15) is 11.4 Å². The summed E-state index contributed by atoms with van der Waals surface area (Å²) in [6.45, 7) is 3.88. The SMILES string of the molecule is Cc1cc(F)cc(-c2cccc3[nH]c(-c4n[nH]c5ncc(-c6cnc(C)n6C)cc45)cc23)c1. The Kier molecular flexibility index (Phi) is 4.20. The van der Waals surface area contributed by atoms with Gasteiger partial charge in [-0.2, -0.15) is 5.10 Å². The van der Waals surface area contributed by atoms with Crippen molar-refractivity contribution in [1.82, 2.24) is 29.7 Å². The predicted molar refractivity (Wildman–Crippen MR) is 128 cm³/mol. The third-order valence-corrected chi connectivity index (χ3v) is 6.21. The van der Waals surface area contributed by atoms with E-state index in [1.165, 1.54) is 6.07 Å². The smallest absolute Gasteiger partial charge is 0.155 e. The van der Waals surface area contributed by atoms with Crippen LogP contribution in [-0.2, 0) is 7.05 Å². The Balaban J connectivity index is 1.52. The molecule has 0 aliphatic rings. The zero-order chi connectivity index (χ0) is 22.7. The van der Waals surface area contributed by atoms with Crippen LogP contribution < -0.4 is 0 Å². The summed E-state index contributed by atoms with van der Waals surface area (Å²) in [5.41, 5.74) is 8.02. The quantitative estimate of drug-likeness (QED) is 0.361. The maximum Gasteiger partial charge on any atom is 0.155 e. The van der Waals surface area contributed by atoms with Crippen molar-refractivity contribution in [2.75, 3.05) is 0 Å². The monoisotopic (exact) mass is 436 g/mol. The van der Waals surface area contributed by atoms with E-state index in [4.69, 9.17) is 0 Å². The number of pyridine rings is 1. The number of hydrogen-bond donors (Lipinski definition) is 2. The van der Waals surface area contributed by atoms with Gasteiger partial charge in [0, 0.05) is 35.1 Å². The molecule has 0 fully saturated rings. The van der Waals surface area contributed by atoms with E-state index in [2.05, 4.69) is 37.3 Å². The molecule has 0 atom stereocenters. The van der Waals surface area contributed by atoms with Gasteiger partial charge in [0.1, 0.15) is 17.3 Å². The second kappa shape index (κ2) is 7.13. The Labute approximate surface area is 189 Å². The number of hydrogen-bond acceptors (Lipinski definition) is 3. The van der Waals surface area contributed by atoms with Gasteiger partial charge in [-0.1, -0.05) is 18.2 Å². The number of nitrogens with zero attached hydrogens (tertiary/aromatic N) is 4. The maximum absolute atomic E-state index is 14.1. The Hall–Kier alpha value is -4.26. The van der Waals surface area contributed by atoms with Gasteiger partial charge in [-0.15, -0.1) is 0 Å². The van der Waals surface area contributed by atoms with Gasteiger partial charge in [0.2, 0.25) is 0 Å². The number of imidazole rings is 1. The van der Waals surface area contributed by atoms with Crippen LogP contribution in [0.3, 0.4) is 0 Å². The molecule has 2 N–H and O–H groups in total. The van der Waals surface area contributed by atoms with Crippen LogP contribution in [-0.4, -0.2) is 29.7 Å². The lowest BCUT2D eigenvalue weighted by Crippen LogP contribution is -1.94. The summed E-state index contributed by atoms with van der Waals surface area (Å²) in [6, 6.07) is 15.3. The van der Waals surface area contributed by atoms with Crippen molar-refractivity contribution in [2.45, 2.75) is 13.8 Å². The minimum Gasteiger partial charge on any atom is -0.353 e. The van der Waals surface area contributed by atoms with E-state index in [1.807, 2.05) is 62.1 Å².